The number of para-hydroxylation sites is 2. The first kappa shape index (κ1) is 40.7. The fourth-order valence-electron chi connectivity index (χ4n) is 13.1. The molecule has 0 heterocycles. The maximum atomic E-state index is 6.17. The van der Waals surface area contributed by atoms with Gasteiger partial charge in [0, 0.05) is 22.3 Å². The standard InChI is InChI=1S/C68H44O4/c1-69-39-25-21-37(22-26-39)57-41-13-5-6-14-42(41)58(38-23-27-40(70-2)28-24-38)66-52-34-30-46-48-32-36-54-64-53(35-31-47(60(48)64)45-29-33-51(65(57)66)63(52)59(45)46)67-61(49-17-9-11-19-55(49)71-3)43-15-7-8-16-44(43)62(68(54)67)50-18-10-12-20-56(50)72-4/h5-36H,1-4H3. The van der Waals surface area contributed by atoms with Crippen LogP contribution in [0, 0.1) is 0 Å². The Balaban J connectivity index is 1.07. The van der Waals surface area contributed by atoms with Crippen molar-refractivity contribution in [1.29, 1.82) is 0 Å². The van der Waals surface area contributed by atoms with Crippen LogP contribution < -0.4 is 18.9 Å². The summed E-state index contributed by atoms with van der Waals surface area (Å²) >= 11 is 0. The molecule has 0 saturated heterocycles. The van der Waals surface area contributed by atoms with Crippen LogP contribution in [0.15, 0.2) is 194 Å². The molecule has 0 bridgehead atoms. The van der Waals surface area contributed by atoms with Crippen LogP contribution in [0.4, 0.5) is 0 Å². The molecular weight excluding hydrogens is 881 g/mol. The zero-order valence-corrected chi connectivity index (χ0v) is 40.1. The Morgan fingerprint density at radius 3 is 0.847 bits per heavy atom. The van der Waals surface area contributed by atoms with Crippen LogP contribution >= 0.6 is 0 Å². The Bertz CT molecular complexity index is 4190. The quantitative estimate of drug-likeness (QED) is 0.112. The molecule has 340 valence electrons. The van der Waals surface area contributed by atoms with Gasteiger partial charge in [-0.3, -0.25) is 0 Å². The van der Waals surface area contributed by atoms with Gasteiger partial charge in [0.25, 0.3) is 0 Å². The summed E-state index contributed by atoms with van der Waals surface area (Å²) in [5.74, 6) is 3.36. The number of hydrogen-bond donors (Lipinski definition) is 0. The van der Waals surface area contributed by atoms with Gasteiger partial charge < -0.3 is 18.9 Å². The van der Waals surface area contributed by atoms with E-state index >= 15 is 0 Å². The minimum absolute atomic E-state index is 0.836. The first-order valence-corrected chi connectivity index (χ1v) is 24.5. The zero-order chi connectivity index (χ0) is 47.9. The largest absolute Gasteiger partial charge is 0.497 e. The molecule has 0 amide bonds. The number of hydrogen-bond acceptors (Lipinski definition) is 4. The molecule has 13 aromatic carbocycles. The summed E-state index contributed by atoms with van der Waals surface area (Å²) in [7, 11) is 7.01. The third-order valence-corrected chi connectivity index (χ3v) is 15.9. The molecule has 15 rings (SSSR count). The Morgan fingerprint density at radius 1 is 0.208 bits per heavy atom. The SMILES string of the molecule is COc1ccc(-c2c3c(c(-c4ccc(OC)cc4)c4ccccc24)-c2ccc4c5ccc6c7c(ccc(c8ccc-3c2c84)c75)-c2c-6c(-c3ccccc3OC)c3ccccc3c2-c2ccccc2OC)cc1. The van der Waals surface area contributed by atoms with Gasteiger partial charge in [-0.2, -0.15) is 0 Å². The molecule has 2 aliphatic carbocycles. The smallest absolute Gasteiger partial charge is 0.126 e. The van der Waals surface area contributed by atoms with Gasteiger partial charge in [-0.15, -0.1) is 0 Å². The van der Waals surface area contributed by atoms with Gasteiger partial charge in [0.1, 0.15) is 23.0 Å². The van der Waals surface area contributed by atoms with Gasteiger partial charge in [0.05, 0.1) is 28.4 Å². The molecule has 2 aliphatic rings. The lowest BCUT2D eigenvalue weighted by molar-refractivity contribution is 0.415. The number of methoxy groups -OCH3 is 4. The minimum Gasteiger partial charge on any atom is -0.497 e. The third-order valence-electron chi connectivity index (χ3n) is 15.9. The highest BCUT2D eigenvalue weighted by atomic mass is 16.5. The lowest BCUT2D eigenvalue weighted by atomic mass is 9.82. The predicted molar refractivity (Wildman–Crippen MR) is 299 cm³/mol. The van der Waals surface area contributed by atoms with Crippen molar-refractivity contribution < 1.29 is 18.9 Å². The van der Waals surface area contributed by atoms with E-state index in [1.54, 1.807) is 28.4 Å². The summed E-state index contributed by atoms with van der Waals surface area (Å²) in [4.78, 5) is 0. The first-order chi connectivity index (χ1) is 35.6. The molecule has 0 atom stereocenters. The number of fused-ring (bicyclic) bond motifs is 10. The van der Waals surface area contributed by atoms with E-state index in [4.69, 9.17) is 18.9 Å². The monoisotopic (exact) mass is 924 g/mol. The molecule has 0 fully saturated rings. The Labute approximate surface area is 416 Å². The number of rotatable bonds is 8. The highest BCUT2D eigenvalue weighted by Gasteiger charge is 2.36. The third kappa shape index (κ3) is 5.30. The van der Waals surface area contributed by atoms with Crippen molar-refractivity contribution in [3.8, 4) is 112 Å². The summed E-state index contributed by atoms with van der Waals surface area (Å²) in [6.45, 7) is 0. The van der Waals surface area contributed by atoms with Crippen LogP contribution in [0.1, 0.15) is 0 Å². The number of benzene rings is 13. The van der Waals surface area contributed by atoms with Crippen molar-refractivity contribution in [3.63, 3.8) is 0 Å². The molecule has 0 radical (unpaired) electrons. The van der Waals surface area contributed by atoms with E-state index in [0.717, 1.165) is 45.3 Å². The van der Waals surface area contributed by atoms with Crippen LogP contribution in [-0.2, 0) is 0 Å². The summed E-state index contributed by atoms with van der Waals surface area (Å²) in [5, 5.41) is 15.0. The van der Waals surface area contributed by atoms with Crippen LogP contribution in [0.3, 0.4) is 0 Å². The van der Waals surface area contributed by atoms with Crippen LogP contribution in [-0.4, -0.2) is 28.4 Å². The van der Waals surface area contributed by atoms with Gasteiger partial charge in [-0.1, -0.05) is 158 Å². The molecule has 0 unspecified atom stereocenters. The lowest BCUT2D eigenvalue weighted by Crippen LogP contribution is -1.96. The minimum atomic E-state index is 0.836. The second kappa shape index (κ2) is 15.2. The second-order valence-electron chi connectivity index (χ2n) is 19.1. The molecule has 0 aromatic heterocycles. The fourth-order valence-corrected chi connectivity index (χ4v) is 13.1. The highest BCUT2D eigenvalue weighted by Crippen LogP contribution is 2.63. The van der Waals surface area contributed by atoms with Gasteiger partial charge in [0.2, 0.25) is 0 Å². The Morgan fingerprint density at radius 2 is 0.514 bits per heavy atom. The van der Waals surface area contributed by atoms with E-state index in [-0.39, 0.29) is 0 Å². The maximum absolute atomic E-state index is 6.17. The molecular formula is C68H44O4. The van der Waals surface area contributed by atoms with Gasteiger partial charge in [-0.25, -0.2) is 0 Å². The Hall–Kier alpha value is -9.12. The van der Waals surface area contributed by atoms with Gasteiger partial charge in [-0.05, 0) is 168 Å². The van der Waals surface area contributed by atoms with Crippen LogP contribution in [0.5, 0.6) is 23.0 Å². The van der Waals surface area contributed by atoms with Crippen LogP contribution in [0.25, 0.3) is 154 Å². The molecule has 0 N–H and O–H groups in total. The molecule has 0 saturated carbocycles. The molecule has 4 nitrogen and oxygen atoms in total. The summed E-state index contributed by atoms with van der Waals surface area (Å²) in [6.07, 6.45) is 0. The summed E-state index contributed by atoms with van der Waals surface area (Å²) < 4.78 is 23.7. The first-order valence-electron chi connectivity index (χ1n) is 24.5. The van der Waals surface area contributed by atoms with E-state index in [2.05, 4.69) is 194 Å². The second-order valence-corrected chi connectivity index (χ2v) is 19.1. The van der Waals surface area contributed by atoms with Crippen molar-refractivity contribution in [3.05, 3.63) is 194 Å². The van der Waals surface area contributed by atoms with E-state index in [1.807, 2.05) is 0 Å². The summed E-state index contributed by atoms with van der Waals surface area (Å²) in [6, 6.07) is 71.1. The number of ether oxygens (including phenoxy) is 4. The van der Waals surface area contributed by atoms with E-state index in [0.29, 0.717) is 0 Å². The van der Waals surface area contributed by atoms with E-state index in [9.17, 15) is 0 Å². The van der Waals surface area contributed by atoms with Crippen molar-refractivity contribution in [2.75, 3.05) is 28.4 Å². The van der Waals surface area contributed by atoms with Crippen molar-refractivity contribution in [1.82, 2.24) is 0 Å². The molecule has 13 aromatic rings. The highest BCUT2D eigenvalue weighted by molar-refractivity contribution is 6.42. The van der Waals surface area contributed by atoms with Gasteiger partial charge >= 0.3 is 0 Å². The molecule has 0 spiro atoms. The lowest BCUT2D eigenvalue weighted by Gasteiger charge is -2.22. The average molecular weight is 925 g/mol. The predicted octanol–water partition coefficient (Wildman–Crippen LogP) is 18.0. The van der Waals surface area contributed by atoms with Gasteiger partial charge in [0.15, 0.2) is 0 Å². The fraction of sp³-hybridized carbons (Fsp3) is 0.0588. The zero-order valence-electron chi connectivity index (χ0n) is 40.1. The average Bonchev–Trinajstić information content (AvgIpc) is 3.96. The van der Waals surface area contributed by atoms with Crippen molar-refractivity contribution >= 4 is 64.6 Å². The normalized spacial score (nSPS) is 12.2. The van der Waals surface area contributed by atoms with Crippen LogP contribution in [0.2, 0.25) is 0 Å². The Kier molecular flexibility index (Phi) is 8.59. The van der Waals surface area contributed by atoms with E-state index < -0.39 is 0 Å². The molecule has 72 heavy (non-hydrogen) atoms. The maximum Gasteiger partial charge on any atom is 0.126 e. The molecule has 4 heteroatoms. The topological polar surface area (TPSA) is 36.9 Å². The van der Waals surface area contributed by atoms with Crippen molar-refractivity contribution in [2.24, 2.45) is 0 Å². The molecule has 0 aliphatic heterocycles. The van der Waals surface area contributed by atoms with Crippen molar-refractivity contribution in [2.45, 2.75) is 0 Å². The van der Waals surface area contributed by atoms with E-state index in [1.165, 1.54) is 131 Å². The summed E-state index contributed by atoms with van der Waals surface area (Å²) in [5.41, 5.74) is 19.2.